The van der Waals surface area contributed by atoms with Crippen LogP contribution in [-0.4, -0.2) is 12.2 Å². The smallest absolute Gasteiger partial charge is 0.148 e. The number of benzene rings is 1. The van der Waals surface area contributed by atoms with Crippen LogP contribution in [-0.2, 0) is 5.60 Å². The summed E-state index contributed by atoms with van der Waals surface area (Å²) in [6, 6.07) is 10.8. The maximum Gasteiger partial charge on any atom is 0.148 e. The van der Waals surface area contributed by atoms with Crippen LogP contribution in [0.15, 0.2) is 47.1 Å². The molecular formula is C13H14O3. The molecule has 1 aromatic heterocycles. The number of aliphatic hydroxyl groups is 1. The maximum absolute atomic E-state index is 10.5. The summed E-state index contributed by atoms with van der Waals surface area (Å²) >= 11 is 0. The van der Waals surface area contributed by atoms with E-state index in [9.17, 15) is 5.11 Å². The lowest BCUT2D eigenvalue weighted by molar-refractivity contribution is 0.0740. The number of furan rings is 1. The summed E-state index contributed by atoms with van der Waals surface area (Å²) in [7, 11) is 1.58. The molecule has 0 spiro atoms. The number of rotatable bonds is 3. The SMILES string of the molecule is COc1ccccc1C(C)(O)c1ccco1. The van der Waals surface area contributed by atoms with Crippen LogP contribution in [0.4, 0.5) is 0 Å². The third-order valence-electron chi connectivity index (χ3n) is 2.63. The van der Waals surface area contributed by atoms with Crippen LogP contribution in [0, 0.1) is 0 Å². The highest BCUT2D eigenvalue weighted by Crippen LogP contribution is 2.35. The van der Waals surface area contributed by atoms with Crippen LogP contribution < -0.4 is 4.74 Å². The normalized spacial score (nSPS) is 14.4. The van der Waals surface area contributed by atoms with E-state index in [1.54, 1.807) is 32.4 Å². The van der Waals surface area contributed by atoms with Gasteiger partial charge in [-0.05, 0) is 25.1 Å². The van der Waals surface area contributed by atoms with Crippen LogP contribution >= 0.6 is 0 Å². The fraction of sp³-hybridized carbons (Fsp3) is 0.231. The maximum atomic E-state index is 10.5. The van der Waals surface area contributed by atoms with Gasteiger partial charge in [-0.3, -0.25) is 0 Å². The molecule has 84 valence electrons. The largest absolute Gasteiger partial charge is 0.496 e. The zero-order valence-electron chi connectivity index (χ0n) is 9.31. The highest BCUT2D eigenvalue weighted by molar-refractivity contribution is 5.41. The molecule has 0 aliphatic carbocycles. The molecule has 2 rings (SSSR count). The molecule has 1 unspecified atom stereocenters. The van der Waals surface area contributed by atoms with Crippen LogP contribution in [0.3, 0.4) is 0 Å². The summed E-state index contributed by atoms with van der Waals surface area (Å²) in [5, 5.41) is 10.5. The van der Waals surface area contributed by atoms with Gasteiger partial charge in [0.2, 0.25) is 0 Å². The van der Waals surface area contributed by atoms with E-state index < -0.39 is 5.60 Å². The average molecular weight is 218 g/mol. The minimum Gasteiger partial charge on any atom is -0.496 e. The molecule has 0 aliphatic heterocycles. The Bertz CT molecular complexity index is 458. The van der Waals surface area contributed by atoms with E-state index in [4.69, 9.17) is 9.15 Å². The van der Waals surface area contributed by atoms with E-state index in [-0.39, 0.29) is 0 Å². The zero-order chi connectivity index (χ0) is 11.6. The van der Waals surface area contributed by atoms with Crippen molar-refractivity contribution in [3.05, 3.63) is 54.0 Å². The van der Waals surface area contributed by atoms with Crippen LogP contribution in [0.1, 0.15) is 18.2 Å². The second-order valence-electron chi connectivity index (χ2n) is 3.75. The molecule has 1 atom stereocenters. The van der Waals surface area contributed by atoms with E-state index in [2.05, 4.69) is 0 Å². The molecule has 0 saturated heterocycles. The molecule has 0 bridgehead atoms. The predicted octanol–water partition coefficient (Wildman–Crippen LogP) is 2.54. The Balaban J connectivity index is 2.51. The summed E-state index contributed by atoms with van der Waals surface area (Å²) < 4.78 is 10.5. The number of para-hydroxylation sites is 1. The molecule has 0 amide bonds. The van der Waals surface area contributed by atoms with Crippen molar-refractivity contribution in [2.75, 3.05) is 7.11 Å². The first-order chi connectivity index (χ1) is 7.66. The molecule has 0 aliphatic rings. The molecule has 1 N–H and O–H groups in total. The number of methoxy groups -OCH3 is 1. The second-order valence-corrected chi connectivity index (χ2v) is 3.75. The lowest BCUT2D eigenvalue weighted by atomic mass is 9.92. The Hall–Kier alpha value is -1.74. The van der Waals surface area contributed by atoms with Gasteiger partial charge in [0.1, 0.15) is 17.1 Å². The van der Waals surface area contributed by atoms with Gasteiger partial charge in [-0.25, -0.2) is 0 Å². The number of ether oxygens (including phenoxy) is 1. The predicted molar refractivity (Wildman–Crippen MR) is 60.4 cm³/mol. The lowest BCUT2D eigenvalue weighted by Gasteiger charge is -2.23. The Morgan fingerprint density at radius 3 is 2.56 bits per heavy atom. The second kappa shape index (κ2) is 4.02. The van der Waals surface area contributed by atoms with Crippen molar-refractivity contribution < 1.29 is 14.3 Å². The van der Waals surface area contributed by atoms with Crippen molar-refractivity contribution in [2.24, 2.45) is 0 Å². The van der Waals surface area contributed by atoms with Crippen molar-refractivity contribution in [3.8, 4) is 5.75 Å². The molecule has 0 saturated carbocycles. The Morgan fingerprint density at radius 1 is 1.19 bits per heavy atom. The van der Waals surface area contributed by atoms with Crippen molar-refractivity contribution in [3.63, 3.8) is 0 Å². The lowest BCUT2D eigenvalue weighted by Crippen LogP contribution is -2.22. The summed E-state index contributed by atoms with van der Waals surface area (Å²) in [6.07, 6.45) is 1.54. The fourth-order valence-corrected chi connectivity index (χ4v) is 1.74. The van der Waals surface area contributed by atoms with E-state index in [0.717, 1.165) is 0 Å². The van der Waals surface area contributed by atoms with Gasteiger partial charge >= 0.3 is 0 Å². The first kappa shape index (κ1) is 10.8. The molecular weight excluding hydrogens is 204 g/mol. The van der Waals surface area contributed by atoms with Gasteiger partial charge in [-0.15, -0.1) is 0 Å². The molecule has 1 aromatic carbocycles. The van der Waals surface area contributed by atoms with Crippen molar-refractivity contribution in [1.29, 1.82) is 0 Å². The van der Waals surface area contributed by atoms with Gasteiger partial charge in [-0.2, -0.15) is 0 Å². The van der Waals surface area contributed by atoms with Crippen molar-refractivity contribution in [2.45, 2.75) is 12.5 Å². The van der Waals surface area contributed by atoms with E-state index in [1.165, 1.54) is 0 Å². The summed E-state index contributed by atoms with van der Waals surface area (Å²) in [5.41, 5.74) is -0.497. The van der Waals surface area contributed by atoms with Gasteiger partial charge in [-0.1, -0.05) is 18.2 Å². The topological polar surface area (TPSA) is 42.6 Å². The molecule has 2 aromatic rings. The molecule has 1 heterocycles. The van der Waals surface area contributed by atoms with Gasteiger partial charge < -0.3 is 14.3 Å². The van der Waals surface area contributed by atoms with Crippen molar-refractivity contribution in [1.82, 2.24) is 0 Å². The first-order valence-electron chi connectivity index (χ1n) is 5.06. The molecule has 0 fully saturated rings. The summed E-state index contributed by atoms with van der Waals surface area (Å²) in [5.74, 6) is 1.14. The van der Waals surface area contributed by atoms with Crippen LogP contribution in [0.2, 0.25) is 0 Å². The summed E-state index contributed by atoms with van der Waals surface area (Å²) in [6.45, 7) is 1.68. The van der Waals surface area contributed by atoms with Gasteiger partial charge in [0.25, 0.3) is 0 Å². The molecule has 3 nitrogen and oxygen atoms in total. The number of hydrogen-bond donors (Lipinski definition) is 1. The first-order valence-corrected chi connectivity index (χ1v) is 5.06. The minimum atomic E-state index is -1.18. The Morgan fingerprint density at radius 2 is 1.94 bits per heavy atom. The molecule has 0 radical (unpaired) electrons. The molecule has 3 heteroatoms. The van der Waals surface area contributed by atoms with Gasteiger partial charge in [0.15, 0.2) is 0 Å². The van der Waals surface area contributed by atoms with E-state index in [1.807, 2.05) is 24.3 Å². The Labute approximate surface area is 94.3 Å². The third-order valence-corrected chi connectivity index (χ3v) is 2.63. The quantitative estimate of drug-likeness (QED) is 0.860. The van der Waals surface area contributed by atoms with Crippen LogP contribution in [0.25, 0.3) is 0 Å². The fourth-order valence-electron chi connectivity index (χ4n) is 1.74. The minimum absolute atomic E-state index is 0.497. The standard InChI is InChI=1S/C13H14O3/c1-13(14,12-8-5-9-16-12)10-6-3-4-7-11(10)15-2/h3-9,14H,1-2H3. The molecule has 16 heavy (non-hydrogen) atoms. The van der Waals surface area contributed by atoms with Gasteiger partial charge in [0, 0.05) is 5.56 Å². The third kappa shape index (κ3) is 1.70. The van der Waals surface area contributed by atoms with Gasteiger partial charge in [0.05, 0.1) is 13.4 Å². The van der Waals surface area contributed by atoms with Crippen molar-refractivity contribution >= 4 is 0 Å². The highest BCUT2D eigenvalue weighted by atomic mass is 16.5. The monoisotopic (exact) mass is 218 g/mol. The Kier molecular flexibility index (Phi) is 2.71. The summed E-state index contributed by atoms with van der Waals surface area (Å²) in [4.78, 5) is 0. The number of hydrogen-bond acceptors (Lipinski definition) is 3. The highest BCUT2D eigenvalue weighted by Gasteiger charge is 2.31. The average Bonchev–Trinajstić information content (AvgIpc) is 2.83. The zero-order valence-corrected chi connectivity index (χ0v) is 9.31. The van der Waals surface area contributed by atoms with E-state index >= 15 is 0 Å². The van der Waals surface area contributed by atoms with Crippen LogP contribution in [0.5, 0.6) is 5.75 Å². The van der Waals surface area contributed by atoms with E-state index in [0.29, 0.717) is 17.1 Å².